The van der Waals surface area contributed by atoms with Gasteiger partial charge in [0.2, 0.25) is 0 Å². The summed E-state index contributed by atoms with van der Waals surface area (Å²) in [4.78, 5) is 17.1. The summed E-state index contributed by atoms with van der Waals surface area (Å²) in [5.41, 5.74) is 0.965. The standard InChI is InChI=1S/C18H14F2N4/c1-17(2)18(19,20)12-9-21-8-7-11(12)16(24-17)15-10-22-13-5-3-4-6-14(13)23-15/h3-10H,1-2H3. The van der Waals surface area contributed by atoms with Gasteiger partial charge in [-0.15, -0.1) is 0 Å². The fourth-order valence-electron chi connectivity index (χ4n) is 2.86. The lowest BCUT2D eigenvalue weighted by Crippen LogP contribution is -2.44. The first-order valence-electron chi connectivity index (χ1n) is 7.55. The number of para-hydroxylation sites is 2. The molecule has 0 aliphatic carbocycles. The van der Waals surface area contributed by atoms with Crippen LogP contribution in [0.3, 0.4) is 0 Å². The second kappa shape index (κ2) is 4.87. The van der Waals surface area contributed by atoms with Crippen molar-refractivity contribution in [1.29, 1.82) is 0 Å². The summed E-state index contributed by atoms with van der Waals surface area (Å²) in [7, 11) is 0. The number of aromatic nitrogens is 3. The highest BCUT2D eigenvalue weighted by atomic mass is 19.3. The van der Waals surface area contributed by atoms with E-state index in [4.69, 9.17) is 0 Å². The third-order valence-electron chi connectivity index (χ3n) is 4.27. The van der Waals surface area contributed by atoms with Gasteiger partial charge in [0.25, 0.3) is 5.92 Å². The number of nitrogens with zero attached hydrogens (tertiary/aromatic N) is 4. The summed E-state index contributed by atoms with van der Waals surface area (Å²) in [5, 5.41) is 0. The molecule has 1 aliphatic rings. The summed E-state index contributed by atoms with van der Waals surface area (Å²) in [6.45, 7) is 2.83. The molecule has 3 aromatic rings. The lowest BCUT2D eigenvalue weighted by molar-refractivity contribution is -0.0684. The second-order valence-corrected chi connectivity index (χ2v) is 6.26. The van der Waals surface area contributed by atoms with Gasteiger partial charge in [-0.2, -0.15) is 8.78 Å². The molecule has 0 fully saturated rings. The second-order valence-electron chi connectivity index (χ2n) is 6.26. The molecular weight excluding hydrogens is 310 g/mol. The number of benzene rings is 1. The minimum Gasteiger partial charge on any atom is -0.270 e. The average Bonchev–Trinajstić information content (AvgIpc) is 2.58. The number of fused-ring (bicyclic) bond motifs is 2. The number of aliphatic imine (C=N–C) groups is 1. The minimum atomic E-state index is -3.11. The Bertz CT molecular complexity index is 979. The van der Waals surface area contributed by atoms with Crippen molar-refractivity contribution in [3.8, 4) is 0 Å². The summed E-state index contributed by atoms with van der Waals surface area (Å²) in [6.07, 6.45) is 4.27. The van der Waals surface area contributed by atoms with Crippen molar-refractivity contribution in [2.45, 2.75) is 25.3 Å². The molecule has 1 aliphatic heterocycles. The highest BCUT2D eigenvalue weighted by molar-refractivity contribution is 6.14. The molecule has 4 nitrogen and oxygen atoms in total. The van der Waals surface area contributed by atoms with Gasteiger partial charge in [0.1, 0.15) is 11.2 Å². The number of hydrogen-bond donors (Lipinski definition) is 0. The molecule has 4 rings (SSSR count). The molecular formula is C18H14F2N4. The maximum absolute atomic E-state index is 14.7. The summed E-state index contributed by atoms with van der Waals surface area (Å²) >= 11 is 0. The first-order chi connectivity index (χ1) is 11.4. The zero-order valence-electron chi connectivity index (χ0n) is 13.2. The van der Waals surface area contributed by atoms with Crippen LogP contribution in [0.4, 0.5) is 8.78 Å². The van der Waals surface area contributed by atoms with Gasteiger partial charge in [0.15, 0.2) is 0 Å². The molecule has 0 saturated heterocycles. The van der Waals surface area contributed by atoms with Gasteiger partial charge in [-0.3, -0.25) is 15.0 Å². The van der Waals surface area contributed by atoms with Crippen LogP contribution in [0.25, 0.3) is 11.0 Å². The van der Waals surface area contributed by atoms with Crippen molar-refractivity contribution in [2.75, 3.05) is 0 Å². The van der Waals surface area contributed by atoms with E-state index >= 15 is 0 Å². The molecule has 3 heterocycles. The van der Waals surface area contributed by atoms with Crippen molar-refractivity contribution in [2.24, 2.45) is 4.99 Å². The third kappa shape index (κ3) is 2.02. The first-order valence-corrected chi connectivity index (χ1v) is 7.55. The number of pyridine rings is 1. The van der Waals surface area contributed by atoms with Crippen LogP contribution < -0.4 is 0 Å². The van der Waals surface area contributed by atoms with Gasteiger partial charge in [-0.1, -0.05) is 12.1 Å². The molecule has 0 unspecified atom stereocenters. The Morgan fingerprint density at radius 2 is 1.71 bits per heavy atom. The van der Waals surface area contributed by atoms with Gasteiger partial charge in [-0.05, 0) is 32.0 Å². The summed E-state index contributed by atoms with van der Waals surface area (Å²) in [5.74, 6) is -3.11. The number of alkyl halides is 2. The third-order valence-corrected chi connectivity index (χ3v) is 4.27. The van der Waals surface area contributed by atoms with E-state index in [1.54, 1.807) is 12.3 Å². The number of hydrogen-bond acceptors (Lipinski definition) is 4. The monoisotopic (exact) mass is 324 g/mol. The van der Waals surface area contributed by atoms with Crippen LogP contribution >= 0.6 is 0 Å². The summed E-state index contributed by atoms with van der Waals surface area (Å²) in [6, 6.07) is 8.97. The molecule has 2 aromatic heterocycles. The molecule has 1 aromatic carbocycles. The molecule has 0 amide bonds. The van der Waals surface area contributed by atoms with Crippen molar-refractivity contribution < 1.29 is 8.78 Å². The molecule has 0 radical (unpaired) electrons. The van der Waals surface area contributed by atoms with Crippen LogP contribution in [0.1, 0.15) is 30.7 Å². The zero-order valence-corrected chi connectivity index (χ0v) is 13.2. The quantitative estimate of drug-likeness (QED) is 0.685. The van der Waals surface area contributed by atoms with Gasteiger partial charge in [0.05, 0.1) is 28.5 Å². The lowest BCUT2D eigenvalue weighted by Gasteiger charge is -2.36. The Labute approximate surface area is 137 Å². The van der Waals surface area contributed by atoms with E-state index in [1.165, 1.54) is 26.2 Å². The smallest absolute Gasteiger partial charge is 0.270 e. The van der Waals surface area contributed by atoms with E-state index in [-0.39, 0.29) is 5.56 Å². The van der Waals surface area contributed by atoms with Crippen molar-refractivity contribution in [3.05, 3.63) is 65.7 Å². The van der Waals surface area contributed by atoms with Crippen molar-refractivity contribution >= 4 is 16.7 Å². The van der Waals surface area contributed by atoms with Crippen molar-refractivity contribution in [1.82, 2.24) is 15.0 Å². The Morgan fingerprint density at radius 3 is 2.50 bits per heavy atom. The van der Waals surface area contributed by atoms with Crippen LogP contribution in [-0.2, 0) is 5.92 Å². The molecule has 0 spiro atoms. The largest absolute Gasteiger partial charge is 0.299 e. The maximum Gasteiger partial charge on any atom is 0.299 e. The van der Waals surface area contributed by atoms with E-state index in [0.717, 1.165) is 5.52 Å². The normalized spacial score (nSPS) is 18.1. The Kier molecular flexibility index (Phi) is 3.00. The first kappa shape index (κ1) is 14.8. The molecule has 120 valence electrons. The fraction of sp³-hybridized carbons (Fsp3) is 0.222. The van der Waals surface area contributed by atoms with Crippen LogP contribution in [-0.4, -0.2) is 26.2 Å². The van der Waals surface area contributed by atoms with Crippen LogP contribution in [0.15, 0.2) is 53.9 Å². The fourth-order valence-corrected chi connectivity index (χ4v) is 2.86. The van der Waals surface area contributed by atoms with Crippen molar-refractivity contribution in [3.63, 3.8) is 0 Å². The van der Waals surface area contributed by atoms with Gasteiger partial charge in [-0.25, -0.2) is 4.98 Å². The van der Waals surface area contributed by atoms with Gasteiger partial charge >= 0.3 is 0 Å². The molecule has 0 atom stereocenters. The topological polar surface area (TPSA) is 51.0 Å². The number of rotatable bonds is 1. The molecule has 0 N–H and O–H groups in total. The Morgan fingerprint density at radius 1 is 0.958 bits per heavy atom. The SMILES string of the molecule is CC1(C)N=C(c2cnc3ccccc3n2)c2ccncc2C1(F)F. The predicted molar refractivity (Wildman–Crippen MR) is 87.4 cm³/mol. The molecule has 0 bridgehead atoms. The molecule has 6 heteroatoms. The van der Waals surface area contributed by atoms with E-state index in [0.29, 0.717) is 22.5 Å². The van der Waals surface area contributed by atoms with Crippen LogP contribution in [0.2, 0.25) is 0 Å². The number of halogens is 2. The minimum absolute atomic E-state index is 0.130. The maximum atomic E-state index is 14.7. The lowest BCUT2D eigenvalue weighted by atomic mass is 9.83. The van der Waals surface area contributed by atoms with E-state index in [1.807, 2.05) is 24.3 Å². The Balaban J connectivity index is 1.98. The average molecular weight is 324 g/mol. The van der Waals surface area contributed by atoms with Gasteiger partial charge < -0.3 is 0 Å². The van der Waals surface area contributed by atoms with Gasteiger partial charge in [0, 0.05) is 18.0 Å². The van der Waals surface area contributed by atoms with E-state index in [2.05, 4.69) is 19.9 Å². The highest BCUT2D eigenvalue weighted by Crippen LogP contribution is 2.46. The predicted octanol–water partition coefficient (Wildman–Crippen LogP) is 3.75. The van der Waals surface area contributed by atoms with E-state index in [9.17, 15) is 8.78 Å². The molecule has 24 heavy (non-hydrogen) atoms. The van der Waals surface area contributed by atoms with Crippen LogP contribution in [0.5, 0.6) is 0 Å². The Hall–Kier alpha value is -2.76. The zero-order chi connectivity index (χ0) is 16.9. The summed E-state index contributed by atoms with van der Waals surface area (Å²) < 4.78 is 29.5. The van der Waals surface area contributed by atoms with Crippen LogP contribution in [0, 0.1) is 0 Å². The van der Waals surface area contributed by atoms with E-state index < -0.39 is 11.5 Å². The highest BCUT2D eigenvalue weighted by Gasteiger charge is 2.53. The molecule has 0 saturated carbocycles.